The summed E-state index contributed by atoms with van der Waals surface area (Å²) in [6, 6.07) is 18.0. The van der Waals surface area contributed by atoms with Gasteiger partial charge in [-0.2, -0.15) is 10.1 Å². The van der Waals surface area contributed by atoms with Crippen molar-refractivity contribution in [3.63, 3.8) is 0 Å². The molecule has 0 aliphatic carbocycles. The van der Waals surface area contributed by atoms with E-state index in [0.717, 1.165) is 24.5 Å². The quantitative estimate of drug-likeness (QED) is 0.662. The highest BCUT2D eigenvalue weighted by Gasteiger charge is 2.11. The Hall–Kier alpha value is -3.15. The summed E-state index contributed by atoms with van der Waals surface area (Å²) in [7, 11) is 0. The predicted octanol–water partition coefficient (Wildman–Crippen LogP) is 4.04. The van der Waals surface area contributed by atoms with Crippen molar-refractivity contribution < 1.29 is 4.74 Å². The van der Waals surface area contributed by atoms with Crippen LogP contribution in [0.3, 0.4) is 0 Å². The highest BCUT2D eigenvalue weighted by atomic mass is 16.5. The van der Waals surface area contributed by atoms with Crippen LogP contribution < -0.4 is 15.0 Å². The zero-order valence-electron chi connectivity index (χ0n) is 15.1. The van der Waals surface area contributed by atoms with Gasteiger partial charge in [-0.05, 0) is 31.5 Å². The Morgan fingerprint density at radius 2 is 1.77 bits per heavy atom. The number of para-hydroxylation sites is 2. The molecule has 0 spiro atoms. The van der Waals surface area contributed by atoms with E-state index >= 15 is 0 Å². The van der Waals surface area contributed by atoms with Gasteiger partial charge in [0.2, 0.25) is 5.95 Å². The van der Waals surface area contributed by atoms with E-state index < -0.39 is 0 Å². The van der Waals surface area contributed by atoms with Crippen LogP contribution in [0.4, 0.5) is 17.5 Å². The van der Waals surface area contributed by atoms with E-state index in [2.05, 4.69) is 44.5 Å². The van der Waals surface area contributed by atoms with Crippen molar-refractivity contribution in [2.24, 2.45) is 0 Å². The molecule has 3 rings (SSSR count). The number of rotatable bonds is 8. The minimum absolute atomic E-state index is 0.593. The summed E-state index contributed by atoms with van der Waals surface area (Å²) >= 11 is 0. The molecule has 26 heavy (non-hydrogen) atoms. The first kappa shape index (κ1) is 17.7. The van der Waals surface area contributed by atoms with Crippen LogP contribution in [-0.4, -0.2) is 28.3 Å². The van der Waals surface area contributed by atoms with Gasteiger partial charge >= 0.3 is 0 Å². The molecule has 0 saturated carbocycles. The van der Waals surface area contributed by atoms with E-state index in [1.165, 1.54) is 5.56 Å². The molecule has 0 aliphatic heterocycles. The van der Waals surface area contributed by atoms with Gasteiger partial charge < -0.3 is 15.0 Å². The van der Waals surface area contributed by atoms with Crippen LogP contribution in [0, 0.1) is 0 Å². The molecule has 0 radical (unpaired) electrons. The van der Waals surface area contributed by atoms with Crippen LogP contribution in [0.1, 0.15) is 19.4 Å². The van der Waals surface area contributed by atoms with Crippen molar-refractivity contribution in [2.45, 2.75) is 20.4 Å². The minimum atomic E-state index is 0.593. The van der Waals surface area contributed by atoms with Gasteiger partial charge in [0.05, 0.1) is 18.5 Å². The summed E-state index contributed by atoms with van der Waals surface area (Å²) < 4.78 is 5.65. The van der Waals surface area contributed by atoms with Gasteiger partial charge in [0, 0.05) is 13.1 Å². The maximum absolute atomic E-state index is 5.65. The molecule has 3 aromatic rings. The van der Waals surface area contributed by atoms with E-state index in [1.807, 2.05) is 49.4 Å². The lowest BCUT2D eigenvalue weighted by molar-refractivity contribution is 0.342. The smallest absolute Gasteiger partial charge is 0.247 e. The van der Waals surface area contributed by atoms with E-state index in [1.54, 1.807) is 6.20 Å². The fraction of sp³-hybridized carbons (Fsp3) is 0.250. The third kappa shape index (κ3) is 4.47. The topological polar surface area (TPSA) is 63.2 Å². The molecule has 134 valence electrons. The second-order valence-electron chi connectivity index (χ2n) is 5.70. The van der Waals surface area contributed by atoms with Gasteiger partial charge in [0.25, 0.3) is 0 Å². The first-order valence-corrected chi connectivity index (χ1v) is 8.77. The van der Waals surface area contributed by atoms with Crippen LogP contribution in [0.25, 0.3) is 0 Å². The highest BCUT2D eigenvalue weighted by Crippen LogP contribution is 2.26. The fourth-order valence-corrected chi connectivity index (χ4v) is 2.61. The normalized spacial score (nSPS) is 10.4. The molecular weight excluding hydrogens is 326 g/mol. The average Bonchev–Trinajstić information content (AvgIpc) is 2.69. The summed E-state index contributed by atoms with van der Waals surface area (Å²) in [4.78, 5) is 6.71. The third-order valence-electron chi connectivity index (χ3n) is 3.88. The van der Waals surface area contributed by atoms with Gasteiger partial charge in [0.1, 0.15) is 5.75 Å². The lowest BCUT2D eigenvalue weighted by Crippen LogP contribution is -2.24. The third-order valence-corrected chi connectivity index (χ3v) is 3.88. The Balaban J connectivity index is 1.79. The molecule has 0 atom stereocenters. The maximum atomic E-state index is 5.65. The lowest BCUT2D eigenvalue weighted by Gasteiger charge is -2.21. The van der Waals surface area contributed by atoms with Gasteiger partial charge in [0.15, 0.2) is 5.82 Å². The van der Waals surface area contributed by atoms with Crippen LogP contribution in [-0.2, 0) is 6.54 Å². The summed E-state index contributed by atoms with van der Waals surface area (Å²) in [6.45, 7) is 6.17. The van der Waals surface area contributed by atoms with Crippen molar-refractivity contribution in [1.29, 1.82) is 0 Å². The Kier molecular flexibility index (Phi) is 5.98. The summed E-state index contributed by atoms with van der Waals surface area (Å²) in [5, 5.41) is 11.6. The van der Waals surface area contributed by atoms with Crippen molar-refractivity contribution in [1.82, 2.24) is 15.2 Å². The Morgan fingerprint density at radius 1 is 1.00 bits per heavy atom. The molecule has 0 amide bonds. The first-order valence-electron chi connectivity index (χ1n) is 8.77. The number of hydrogen-bond acceptors (Lipinski definition) is 6. The van der Waals surface area contributed by atoms with Gasteiger partial charge in [-0.1, -0.05) is 42.5 Å². The summed E-state index contributed by atoms with van der Waals surface area (Å²) in [6.07, 6.45) is 1.61. The number of benzene rings is 2. The van der Waals surface area contributed by atoms with Crippen molar-refractivity contribution in [3.05, 3.63) is 66.4 Å². The SMILES string of the molecule is CCOc1ccccc1Nc1cnnc(N(CC)Cc2ccccc2)n1. The highest BCUT2D eigenvalue weighted by molar-refractivity contribution is 5.64. The number of ether oxygens (including phenoxy) is 1. The molecule has 1 N–H and O–H groups in total. The number of aromatic nitrogens is 3. The van der Waals surface area contributed by atoms with Crippen LogP contribution >= 0.6 is 0 Å². The number of nitrogens with zero attached hydrogens (tertiary/aromatic N) is 4. The summed E-state index contributed by atoms with van der Waals surface area (Å²) in [5.74, 6) is 2.01. The van der Waals surface area contributed by atoms with Gasteiger partial charge in [-0.25, -0.2) is 0 Å². The van der Waals surface area contributed by atoms with Crippen LogP contribution in [0.15, 0.2) is 60.8 Å². The Labute approximate surface area is 153 Å². The standard InChI is InChI=1S/C20H23N5O/c1-3-25(15-16-10-6-5-7-11-16)20-23-19(14-21-24-20)22-17-12-8-9-13-18(17)26-4-2/h5-14H,3-4,15H2,1-2H3,(H,22,23,24). The molecule has 0 aliphatic rings. The van der Waals surface area contributed by atoms with Crippen LogP contribution in [0.2, 0.25) is 0 Å². The number of hydrogen-bond donors (Lipinski definition) is 1. The van der Waals surface area contributed by atoms with Crippen molar-refractivity contribution in [2.75, 3.05) is 23.4 Å². The molecule has 0 fully saturated rings. The Morgan fingerprint density at radius 3 is 2.54 bits per heavy atom. The number of nitrogens with one attached hydrogen (secondary N) is 1. The van der Waals surface area contributed by atoms with Crippen LogP contribution in [0.5, 0.6) is 5.75 Å². The predicted molar refractivity (Wildman–Crippen MR) is 104 cm³/mol. The van der Waals surface area contributed by atoms with E-state index in [-0.39, 0.29) is 0 Å². The molecule has 0 bridgehead atoms. The van der Waals surface area contributed by atoms with E-state index in [4.69, 9.17) is 4.74 Å². The van der Waals surface area contributed by atoms with E-state index in [0.29, 0.717) is 18.4 Å². The minimum Gasteiger partial charge on any atom is -0.492 e. The maximum Gasteiger partial charge on any atom is 0.247 e. The molecule has 0 unspecified atom stereocenters. The zero-order chi connectivity index (χ0) is 18.2. The van der Waals surface area contributed by atoms with Crippen molar-refractivity contribution in [3.8, 4) is 5.75 Å². The molecule has 2 aromatic carbocycles. The van der Waals surface area contributed by atoms with Gasteiger partial charge in [-0.3, -0.25) is 0 Å². The molecule has 1 aromatic heterocycles. The zero-order valence-corrected chi connectivity index (χ0v) is 15.1. The fourth-order valence-electron chi connectivity index (χ4n) is 2.61. The second kappa shape index (κ2) is 8.80. The molecule has 0 saturated heterocycles. The van der Waals surface area contributed by atoms with Crippen molar-refractivity contribution >= 4 is 17.5 Å². The monoisotopic (exact) mass is 349 g/mol. The molecule has 6 nitrogen and oxygen atoms in total. The Bertz CT molecular complexity index is 825. The number of anilines is 3. The van der Waals surface area contributed by atoms with E-state index in [9.17, 15) is 0 Å². The molecule has 6 heteroatoms. The molecule has 1 heterocycles. The first-order chi connectivity index (χ1) is 12.8. The largest absolute Gasteiger partial charge is 0.492 e. The molecular formula is C20H23N5O. The second-order valence-corrected chi connectivity index (χ2v) is 5.70. The summed E-state index contributed by atoms with van der Waals surface area (Å²) in [5.41, 5.74) is 2.06. The van der Waals surface area contributed by atoms with Gasteiger partial charge in [-0.15, -0.1) is 5.10 Å². The lowest BCUT2D eigenvalue weighted by atomic mass is 10.2. The average molecular weight is 349 g/mol.